The normalized spacial score (nSPS) is 13.8. The van der Waals surface area contributed by atoms with Crippen LogP contribution in [-0.2, 0) is 19.3 Å². The Morgan fingerprint density at radius 1 is 1.29 bits per heavy atom. The summed E-state index contributed by atoms with van der Waals surface area (Å²) in [4.78, 5) is 0. The minimum absolute atomic E-state index is 0.0886. The van der Waals surface area contributed by atoms with Gasteiger partial charge >= 0.3 is 0 Å². The fourth-order valence-electron chi connectivity index (χ4n) is 1.28. The van der Waals surface area contributed by atoms with Crippen molar-refractivity contribution in [2.45, 2.75) is 25.5 Å². The zero-order chi connectivity index (χ0) is 13.1. The van der Waals surface area contributed by atoms with E-state index in [1.54, 1.807) is 6.92 Å². The highest BCUT2D eigenvalue weighted by Crippen LogP contribution is 2.00. The highest BCUT2D eigenvalue weighted by molar-refractivity contribution is 7.92. The molecular weight excluding hydrogens is 242 g/mol. The second-order valence-corrected chi connectivity index (χ2v) is 6.46. The molecule has 0 aliphatic heterocycles. The van der Waals surface area contributed by atoms with Crippen LogP contribution >= 0.6 is 0 Å². The maximum Gasteiger partial charge on any atom is 0.156 e. The van der Waals surface area contributed by atoms with E-state index in [0.717, 1.165) is 19.6 Å². The van der Waals surface area contributed by atoms with Gasteiger partial charge in [-0.3, -0.25) is 0 Å². The molecule has 0 aromatic carbocycles. The molecule has 0 aromatic rings. The smallest absolute Gasteiger partial charge is 0.156 e. The molecule has 0 saturated heterocycles. The van der Waals surface area contributed by atoms with E-state index in [9.17, 15) is 8.42 Å². The summed E-state index contributed by atoms with van der Waals surface area (Å²) in [6, 6.07) is 0. The summed E-state index contributed by atoms with van der Waals surface area (Å²) in [5, 5.41) is 2.76. The van der Waals surface area contributed by atoms with Crippen molar-refractivity contribution in [1.29, 1.82) is 0 Å². The largest absolute Gasteiger partial charge is 0.384 e. The molecule has 1 atom stereocenters. The van der Waals surface area contributed by atoms with Crippen molar-refractivity contribution in [2.24, 2.45) is 0 Å². The van der Waals surface area contributed by atoms with Crippen LogP contribution in [0, 0.1) is 0 Å². The summed E-state index contributed by atoms with van der Waals surface area (Å²) in [7, 11) is -1.53. The molecule has 1 N–H and O–H groups in total. The van der Waals surface area contributed by atoms with Crippen molar-refractivity contribution >= 4 is 9.84 Å². The Morgan fingerprint density at radius 2 is 2.00 bits per heavy atom. The van der Waals surface area contributed by atoms with Gasteiger partial charge in [-0.05, 0) is 26.8 Å². The quantitative estimate of drug-likeness (QED) is 0.551. The Kier molecular flexibility index (Phi) is 9.72. The molecule has 1 unspecified atom stereocenters. The molecule has 0 saturated carbocycles. The summed E-state index contributed by atoms with van der Waals surface area (Å²) < 4.78 is 33.4. The van der Waals surface area contributed by atoms with Gasteiger partial charge in [0.05, 0.1) is 17.6 Å². The van der Waals surface area contributed by atoms with Gasteiger partial charge in [0.2, 0.25) is 0 Å². The van der Waals surface area contributed by atoms with Gasteiger partial charge in [0.25, 0.3) is 0 Å². The van der Waals surface area contributed by atoms with Crippen LogP contribution in [0.2, 0.25) is 0 Å². The summed E-state index contributed by atoms with van der Waals surface area (Å²) in [5.41, 5.74) is 0. The van der Waals surface area contributed by atoms with E-state index in [4.69, 9.17) is 9.47 Å². The Bertz CT molecular complexity index is 267. The Hall–Kier alpha value is -0.170. The molecule has 0 amide bonds. The number of ether oxygens (including phenoxy) is 2. The lowest BCUT2D eigenvalue weighted by atomic mass is 10.4. The molecule has 0 aliphatic carbocycles. The van der Waals surface area contributed by atoms with E-state index in [-0.39, 0.29) is 17.6 Å². The SMILES string of the molecule is CCOCCCNCC(C)S(=O)(=O)CCOC. The maximum absolute atomic E-state index is 11.7. The first-order valence-corrected chi connectivity index (χ1v) is 7.75. The van der Waals surface area contributed by atoms with Crippen LogP contribution in [0.1, 0.15) is 20.3 Å². The molecule has 0 heterocycles. The Balaban J connectivity index is 3.66. The predicted octanol–water partition coefficient (Wildman–Crippen LogP) is 0.452. The van der Waals surface area contributed by atoms with E-state index in [2.05, 4.69) is 5.32 Å². The second kappa shape index (κ2) is 9.82. The minimum atomic E-state index is -3.04. The van der Waals surface area contributed by atoms with Crippen LogP contribution in [0.25, 0.3) is 0 Å². The molecule has 104 valence electrons. The lowest BCUT2D eigenvalue weighted by Crippen LogP contribution is -2.34. The maximum atomic E-state index is 11.7. The van der Waals surface area contributed by atoms with Crippen molar-refractivity contribution < 1.29 is 17.9 Å². The summed E-state index contributed by atoms with van der Waals surface area (Å²) in [5.74, 6) is 0.0886. The zero-order valence-corrected chi connectivity index (χ0v) is 11.9. The van der Waals surface area contributed by atoms with Crippen molar-refractivity contribution in [1.82, 2.24) is 5.32 Å². The molecule has 0 rings (SSSR count). The molecule has 0 bridgehead atoms. The van der Waals surface area contributed by atoms with Gasteiger partial charge in [-0.1, -0.05) is 0 Å². The topological polar surface area (TPSA) is 64.6 Å². The third kappa shape index (κ3) is 8.54. The van der Waals surface area contributed by atoms with E-state index >= 15 is 0 Å². The number of sulfone groups is 1. The Labute approximate surface area is 105 Å². The summed E-state index contributed by atoms with van der Waals surface area (Å²) in [6.45, 7) is 6.65. The van der Waals surface area contributed by atoms with Crippen molar-refractivity contribution in [2.75, 3.05) is 45.8 Å². The van der Waals surface area contributed by atoms with Gasteiger partial charge in [0.1, 0.15) is 0 Å². The molecule has 5 nitrogen and oxygen atoms in total. The van der Waals surface area contributed by atoms with Crippen LogP contribution in [0.5, 0.6) is 0 Å². The predicted molar refractivity (Wildman–Crippen MR) is 69.1 cm³/mol. The highest BCUT2D eigenvalue weighted by atomic mass is 32.2. The lowest BCUT2D eigenvalue weighted by Gasteiger charge is -2.13. The number of hydrogen-bond acceptors (Lipinski definition) is 5. The number of methoxy groups -OCH3 is 1. The summed E-state index contributed by atoms with van der Waals surface area (Å²) in [6.07, 6.45) is 0.901. The molecule has 17 heavy (non-hydrogen) atoms. The van der Waals surface area contributed by atoms with Gasteiger partial charge in [-0.2, -0.15) is 0 Å². The number of rotatable bonds is 11. The average Bonchev–Trinajstić information content (AvgIpc) is 2.30. The van der Waals surface area contributed by atoms with Crippen molar-refractivity contribution in [3.63, 3.8) is 0 Å². The third-order valence-electron chi connectivity index (χ3n) is 2.46. The standard InChI is InChI=1S/C11H25NO4S/c1-4-16-7-5-6-12-10-11(2)17(13,14)9-8-15-3/h11-12H,4-10H2,1-3H3. The van der Waals surface area contributed by atoms with E-state index < -0.39 is 9.84 Å². The van der Waals surface area contributed by atoms with Crippen molar-refractivity contribution in [3.05, 3.63) is 0 Å². The minimum Gasteiger partial charge on any atom is -0.384 e. The highest BCUT2D eigenvalue weighted by Gasteiger charge is 2.19. The van der Waals surface area contributed by atoms with Crippen LogP contribution in [0.15, 0.2) is 0 Å². The van der Waals surface area contributed by atoms with Gasteiger partial charge in [0.15, 0.2) is 9.84 Å². The van der Waals surface area contributed by atoms with Crippen molar-refractivity contribution in [3.8, 4) is 0 Å². The van der Waals surface area contributed by atoms with E-state index in [1.165, 1.54) is 7.11 Å². The van der Waals surface area contributed by atoms with Crippen LogP contribution < -0.4 is 5.32 Å². The third-order valence-corrected chi connectivity index (χ3v) is 4.59. The zero-order valence-electron chi connectivity index (χ0n) is 11.1. The number of hydrogen-bond donors (Lipinski definition) is 1. The van der Waals surface area contributed by atoms with E-state index in [0.29, 0.717) is 13.2 Å². The average molecular weight is 267 g/mol. The van der Waals surface area contributed by atoms with Gasteiger partial charge < -0.3 is 14.8 Å². The molecule has 0 aliphatic rings. The first-order valence-electron chi connectivity index (χ1n) is 6.03. The van der Waals surface area contributed by atoms with Crippen LogP contribution in [0.3, 0.4) is 0 Å². The monoisotopic (exact) mass is 267 g/mol. The van der Waals surface area contributed by atoms with Gasteiger partial charge in [0, 0.05) is 26.9 Å². The Morgan fingerprint density at radius 3 is 2.59 bits per heavy atom. The molecule has 0 fully saturated rings. The summed E-state index contributed by atoms with van der Waals surface area (Å²) >= 11 is 0. The first-order chi connectivity index (χ1) is 8.04. The van der Waals surface area contributed by atoms with Gasteiger partial charge in [-0.15, -0.1) is 0 Å². The molecule has 0 radical (unpaired) electrons. The lowest BCUT2D eigenvalue weighted by molar-refractivity contribution is 0.145. The number of nitrogens with one attached hydrogen (secondary N) is 1. The van der Waals surface area contributed by atoms with Gasteiger partial charge in [-0.25, -0.2) is 8.42 Å². The van der Waals surface area contributed by atoms with Crippen LogP contribution in [0.4, 0.5) is 0 Å². The van der Waals surface area contributed by atoms with E-state index in [1.807, 2.05) is 6.92 Å². The van der Waals surface area contributed by atoms with Crippen LogP contribution in [-0.4, -0.2) is 59.4 Å². The molecule has 6 heteroatoms. The fourth-order valence-corrected chi connectivity index (χ4v) is 2.45. The first kappa shape index (κ1) is 16.8. The molecule has 0 aromatic heterocycles. The fraction of sp³-hybridized carbons (Fsp3) is 1.00. The molecular formula is C11H25NO4S. The molecule has 0 spiro atoms. The second-order valence-electron chi connectivity index (χ2n) is 3.93.